The molecule has 21 heavy (non-hydrogen) atoms. The molecule has 0 radical (unpaired) electrons. The summed E-state index contributed by atoms with van der Waals surface area (Å²) in [6.07, 6.45) is 3.13. The van der Waals surface area contributed by atoms with Crippen LogP contribution in [0.4, 0.5) is 4.39 Å². The number of carbonyl (C=O) groups is 1. The number of hydrogen-bond acceptors (Lipinski definition) is 2. The molecule has 1 aliphatic rings. The van der Waals surface area contributed by atoms with Crippen LogP contribution in [0, 0.1) is 5.82 Å². The summed E-state index contributed by atoms with van der Waals surface area (Å²) in [5.74, 6) is -0.145. The van der Waals surface area contributed by atoms with Crippen LogP contribution in [0.2, 0.25) is 5.15 Å². The Morgan fingerprint density at radius 1 is 1.29 bits per heavy atom. The van der Waals surface area contributed by atoms with Crippen molar-refractivity contribution in [2.75, 3.05) is 13.1 Å². The van der Waals surface area contributed by atoms with E-state index in [1.54, 1.807) is 6.07 Å². The average Bonchev–Trinajstić information content (AvgIpc) is 2.99. The van der Waals surface area contributed by atoms with Crippen LogP contribution < -0.4 is 0 Å². The highest BCUT2D eigenvalue weighted by Gasteiger charge is 2.18. The predicted octanol–water partition coefficient (Wildman–Crippen LogP) is 3.58. The molecule has 1 aromatic heterocycles. The minimum Gasteiger partial charge on any atom is -0.343 e. The maximum atomic E-state index is 13.3. The zero-order chi connectivity index (χ0) is 14.8. The number of benzene rings is 1. The molecule has 0 N–H and O–H groups in total. The van der Waals surface area contributed by atoms with Gasteiger partial charge in [-0.25, -0.2) is 9.37 Å². The molecule has 1 fully saturated rings. The van der Waals surface area contributed by atoms with Crippen LogP contribution >= 0.6 is 11.6 Å². The van der Waals surface area contributed by atoms with Gasteiger partial charge in [0, 0.05) is 24.9 Å². The summed E-state index contributed by atoms with van der Waals surface area (Å²) in [4.78, 5) is 18.2. The van der Waals surface area contributed by atoms with Crippen molar-refractivity contribution in [1.29, 1.82) is 0 Å². The third kappa shape index (κ3) is 3.16. The molecule has 2 heterocycles. The van der Waals surface area contributed by atoms with Gasteiger partial charge >= 0.3 is 0 Å². The minimum absolute atomic E-state index is 0.155. The van der Waals surface area contributed by atoms with E-state index in [2.05, 4.69) is 4.98 Å². The van der Waals surface area contributed by atoms with E-state index in [1.807, 2.05) is 11.0 Å². The van der Waals surface area contributed by atoms with Gasteiger partial charge < -0.3 is 4.90 Å². The van der Waals surface area contributed by atoms with E-state index in [4.69, 9.17) is 11.6 Å². The van der Waals surface area contributed by atoms with Crippen LogP contribution in [0.3, 0.4) is 0 Å². The number of halogens is 2. The Kier molecular flexibility index (Phi) is 4.06. The lowest BCUT2D eigenvalue weighted by Gasteiger charge is -2.15. The molecular weight excluding hydrogens is 291 g/mol. The molecule has 5 heteroatoms. The first-order valence-electron chi connectivity index (χ1n) is 7.16. The third-order valence-electron chi connectivity index (χ3n) is 3.87. The normalized spacial score (nSPS) is 14.9. The van der Waals surface area contributed by atoms with Crippen LogP contribution in [-0.4, -0.2) is 28.9 Å². The Morgan fingerprint density at radius 2 is 2.05 bits per heavy atom. The fourth-order valence-corrected chi connectivity index (χ4v) is 2.95. The van der Waals surface area contributed by atoms with Crippen LogP contribution in [0.15, 0.2) is 24.3 Å². The fraction of sp³-hybridized carbons (Fsp3) is 0.375. The smallest absolute Gasteiger partial charge is 0.222 e. The summed E-state index contributed by atoms with van der Waals surface area (Å²) < 4.78 is 13.3. The van der Waals surface area contributed by atoms with Gasteiger partial charge in [-0.1, -0.05) is 11.6 Å². The van der Waals surface area contributed by atoms with Crippen LogP contribution in [0.1, 0.15) is 24.8 Å². The van der Waals surface area contributed by atoms with E-state index in [1.165, 1.54) is 12.1 Å². The number of nitrogens with zero attached hydrogens (tertiary/aromatic N) is 2. The van der Waals surface area contributed by atoms with E-state index in [0.717, 1.165) is 31.5 Å². The molecular formula is C16H16ClFN2O. The van der Waals surface area contributed by atoms with Crippen molar-refractivity contribution in [1.82, 2.24) is 9.88 Å². The Balaban J connectivity index is 1.76. The van der Waals surface area contributed by atoms with E-state index < -0.39 is 0 Å². The molecule has 0 bridgehead atoms. The molecule has 1 aromatic carbocycles. The first kappa shape index (κ1) is 14.3. The maximum absolute atomic E-state index is 13.3. The third-order valence-corrected chi connectivity index (χ3v) is 4.20. The van der Waals surface area contributed by atoms with Crippen molar-refractivity contribution in [2.24, 2.45) is 0 Å². The van der Waals surface area contributed by atoms with Gasteiger partial charge in [-0.3, -0.25) is 4.79 Å². The monoisotopic (exact) mass is 306 g/mol. The summed E-state index contributed by atoms with van der Waals surface area (Å²) in [6.45, 7) is 1.71. The van der Waals surface area contributed by atoms with Crippen molar-refractivity contribution in [3.05, 3.63) is 40.8 Å². The molecule has 0 unspecified atom stereocenters. The molecule has 0 aliphatic carbocycles. The number of rotatable bonds is 3. The fourth-order valence-electron chi connectivity index (χ4n) is 2.71. The lowest BCUT2D eigenvalue weighted by Crippen LogP contribution is -2.27. The zero-order valence-corrected chi connectivity index (χ0v) is 12.4. The van der Waals surface area contributed by atoms with Crippen LogP contribution in [0.25, 0.3) is 10.9 Å². The van der Waals surface area contributed by atoms with E-state index in [0.29, 0.717) is 28.9 Å². The zero-order valence-electron chi connectivity index (χ0n) is 11.6. The number of hydrogen-bond donors (Lipinski definition) is 0. The van der Waals surface area contributed by atoms with E-state index in [-0.39, 0.29) is 11.7 Å². The summed E-state index contributed by atoms with van der Waals surface area (Å²) >= 11 is 6.16. The van der Waals surface area contributed by atoms with E-state index >= 15 is 0 Å². The average molecular weight is 307 g/mol. The Labute approximate surface area is 127 Å². The number of likely N-dealkylation sites (tertiary alicyclic amines) is 1. The lowest BCUT2D eigenvalue weighted by molar-refractivity contribution is -0.130. The predicted molar refractivity (Wildman–Crippen MR) is 80.8 cm³/mol. The van der Waals surface area contributed by atoms with Crippen molar-refractivity contribution in [3.63, 3.8) is 0 Å². The standard InChI is InChI=1S/C16H16ClFN2O/c17-16-11(3-6-15(21)20-7-1-2-8-20)9-12-10-13(18)4-5-14(12)19-16/h4-5,9-10H,1-3,6-8H2. The van der Waals surface area contributed by atoms with Crippen LogP contribution in [-0.2, 0) is 11.2 Å². The molecule has 1 amide bonds. The minimum atomic E-state index is -0.300. The molecule has 1 saturated heterocycles. The molecule has 0 saturated carbocycles. The van der Waals surface area contributed by atoms with Gasteiger partial charge in [0.25, 0.3) is 0 Å². The number of aromatic nitrogens is 1. The van der Waals surface area contributed by atoms with Crippen molar-refractivity contribution in [2.45, 2.75) is 25.7 Å². The van der Waals surface area contributed by atoms with Crippen molar-refractivity contribution >= 4 is 28.4 Å². The first-order chi connectivity index (χ1) is 10.1. The van der Waals surface area contributed by atoms with Crippen LogP contribution in [0.5, 0.6) is 0 Å². The summed E-state index contributed by atoms with van der Waals surface area (Å²) in [6, 6.07) is 6.23. The lowest BCUT2D eigenvalue weighted by atomic mass is 10.1. The number of carbonyl (C=O) groups excluding carboxylic acids is 1. The molecule has 2 aromatic rings. The second kappa shape index (κ2) is 5.98. The Hall–Kier alpha value is -1.68. The van der Waals surface area contributed by atoms with Gasteiger partial charge in [-0.2, -0.15) is 0 Å². The topological polar surface area (TPSA) is 33.2 Å². The molecule has 3 nitrogen and oxygen atoms in total. The molecule has 0 atom stereocenters. The van der Waals surface area contributed by atoms with Gasteiger partial charge in [0.05, 0.1) is 5.52 Å². The quantitative estimate of drug-likeness (QED) is 0.812. The second-order valence-electron chi connectivity index (χ2n) is 5.36. The van der Waals surface area contributed by atoms with Crippen molar-refractivity contribution < 1.29 is 9.18 Å². The largest absolute Gasteiger partial charge is 0.343 e. The van der Waals surface area contributed by atoms with Gasteiger partial charge in [0.15, 0.2) is 0 Å². The summed E-state index contributed by atoms with van der Waals surface area (Å²) in [5.41, 5.74) is 1.46. The number of fused-ring (bicyclic) bond motifs is 1. The molecule has 0 spiro atoms. The molecule has 3 rings (SSSR count). The maximum Gasteiger partial charge on any atom is 0.222 e. The van der Waals surface area contributed by atoms with Gasteiger partial charge in [-0.05, 0) is 49.1 Å². The van der Waals surface area contributed by atoms with Crippen molar-refractivity contribution in [3.8, 4) is 0 Å². The SMILES string of the molecule is O=C(CCc1cc2cc(F)ccc2nc1Cl)N1CCCC1. The first-order valence-corrected chi connectivity index (χ1v) is 7.54. The Bertz CT molecular complexity index is 683. The highest BCUT2D eigenvalue weighted by atomic mass is 35.5. The van der Waals surface area contributed by atoms with E-state index in [9.17, 15) is 9.18 Å². The summed E-state index contributed by atoms with van der Waals surface area (Å²) in [5, 5.41) is 1.10. The highest BCUT2D eigenvalue weighted by molar-refractivity contribution is 6.30. The number of amides is 1. The molecule has 110 valence electrons. The number of aryl methyl sites for hydroxylation is 1. The van der Waals surface area contributed by atoms with Gasteiger partial charge in [0.1, 0.15) is 11.0 Å². The number of pyridine rings is 1. The second-order valence-corrected chi connectivity index (χ2v) is 5.72. The van der Waals surface area contributed by atoms with Gasteiger partial charge in [-0.15, -0.1) is 0 Å². The Morgan fingerprint density at radius 3 is 2.81 bits per heavy atom. The molecule has 1 aliphatic heterocycles. The summed E-state index contributed by atoms with van der Waals surface area (Å²) in [7, 11) is 0. The highest BCUT2D eigenvalue weighted by Crippen LogP contribution is 2.23. The van der Waals surface area contributed by atoms with Gasteiger partial charge in [0.2, 0.25) is 5.91 Å².